The molecule has 4 heteroatoms. The highest BCUT2D eigenvalue weighted by Crippen LogP contribution is 2.37. The van der Waals surface area contributed by atoms with Crippen molar-refractivity contribution in [2.75, 3.05) is 12.4 Å². The molecule has 0 aliphatic heterocycles. The first kappa shape index (κ1) is 14.8. The van der Waals surface area contributed by atoms with Crippen molar-refractivity contribution in [3.8, 4) is 0 Å². The summed E-state index contributed by atoms with van der Waals surface area (Å²) in [6.45, 7) is 4.32. The molecule has 19 heavy (non-hydrogen) atoms. The summed E-state index contributed by atoms with van der Waals surface area (Å²) in [6, 6.07) is 0. The normalized spacial score (nSPS) is 23.4. The molecule has 0 amide bonds. The molecule has 1 aliphatic rings. The van der Waals surface area contributed by atoms with Crippen LogP contribution in [-0.4, -0.2) is 17.0 Å². The maximum absolute atomic E-state index is 4.68. The Bertz CT molecular complexity index is 426. The van der Waals surface area contributed by atoms with Gasteiger partial charge in [0.1, 0.15) is 11.6 Å². The first-order chi connectivity index (χ1) is 9.15. The Balaban J connectivity index is 2.09. The third kappa shape index (κ3) is 3.47. The third-order valence-electron chi connectivity index (χ3n) is 4.18. The molecule has 0 atom stereocenters. The highest BCUT2D eigenvalue weighted by molar-refractivity contribution is 9.10. The minimum absolute atomic E-state index is 0.548. The van der Waals surface area contributed by atoms with Gasteiger partial charge >= 0.3 is 0 Å². The standard InChI is InChI=1S/C15H24BrN3/c1-4-5-11-6-8-12(9-7-11)14-18-10(2)13(16)15(17-3)19-14/h11-12H,4-9H2,1-3H3,(H,17,18,19). The molecule has 1 aromatic rings. The average molecular weight is 326 g/mol. The fourth-order valence-corrected chi connectivity index (χ4v) is 3.42. The number of rotatable bonds is 4. The number of anilines is 1. The Morgan fingerprint density at radius 2 is 1.89 bits per heavy atom. The lowest BCUT2D eigenvalue weighted by Gasteiger charge is -2.27. The lowest BCUT2D eigenvalue weighted by atomic mass is 9.80. The topological polar surface area (TPSA) is 37.8 Å². The molecule has 0 unspecified atom stereocenters. The Kier molecular flexibility index (Phi) is 5.20. The van der Waals surface area contributed by atoms with E-state index in [0.717, 1.165) is 27.7 Å². The first-order valence-corrected chi connectivity index (χ1v) is 8.16. The van der Waals surface area contributed by atoms with Crippen molar-refractivity contribution in [2.24, 2.45) is 5.92 Å². The zero-order valence-electron chi connectivity index (χ0n) is 12.2. The Morgan fingerprint density at radius 1 is 1.21 bits per heavy atom. The summed E-state index contributed by atoms with van der Waals surface area (Å²) in [5, 5.41) is 3.15. The minimum atomic E-state index is 0.548. The lowest BCUT2D eigenvalue weighted by Crippen LogP contribution is -2.16. The van der Waals surface area contributed by atoms with Gasteiger partial charge in [-0.05, 0) is 54.5 Å². The van der Waals surface area contributed by atoms with E-state index in [9.17, 15) is 0 Å². The van der Waals surface area contributed by atoms with Crippen LogP contribution in [0.5, 0.6) is 0 Å². The predicted octanol–water partition coefficient (Wildman–Crippen LogP) is 4.66. The molecule has 0 spiro atoms. The van der Waals surface area contributed by atoms with Gasteiger partial charge in [-0.15, -0.1) is 0 Å². The van der Waals surface area contributed by atoms with Crippen LogP contribution in [0.1, 0.15) is 62.9 Å². The molecule has 0 bridgehead atoms. The van der Waals surface area contributed by atoms with Crippen molar-refractivity contribution in [2.45, 2.75) is 58.3 Å². The molecule has 3 nitrogen and oxygen atoms in total. The zero-order valence-corrected chi connectivity index (χ0v) is 13.8. The largest absolute Gasteiger partial charge is 0.372 e. The maximum Gasteiger partial charge on any atom is 0.144 e. The van der Waals surface area contributed by atoms with Crippen LogP contribution in [0.15, 0.2) is 4.47 Å². The molecular weight excluding hydrogens is 302 g/mol. The summed E-state index contributed by atoms with van der Waals surface area (Å²) in [5.41, 5.74) is 1.03. The molecule has 1 heterocycles. The summed E-state index contributed by atoms with van der Waals surface area (Å²) in [5.74, 6) is 3.42. The molecule has 1 saturated carbocycles. The summed E-state index contributed by atoms with van der Waals surface area (Å²) >= 11 is 3.54. The predicted molar refractivity (Wildman–Crippen MR) is 83.6 cm³/mol. The number of halogens is 1. The second-order valence-electron chi connectivity index (χ2n) is 5.59. The summed E-state index contributed by atoms with van der Waals surface area (Å²) in [6.07, 6.45) is 7.86. The van der Waals surface area contributed by atoms with E-state index in [1.54, 1.807) is 0 Å². The average Bonchev–Trinajstić information content (AvgIpc) is 2.43. The van der Waals surface area contributed by atoms with Crippen molar-refractivity contribution >= 4 is 21.7 Å². The van der Waals surface area contributed by atoms with E-state index >= 15 is 0 Å². The summed E-state index contributed by atoms with van der Waals surface area (Å²) < 4.78 is 0.985. The van der Waals surface area contributed by atoms with Crippen LogP contribution in [0, 0.1) is 12.8 Å². The van der Waals surface area contributed by atoms with Crippen LogP contribution in [-0.2, 0) is 0 Å². The van der Waals surface area contributed by atoms with E-state index in [1.807, 2.05) is 14.0 Å². The van der Waals surface area contributed by atoms with E-state index < -0.39 is 0 Å². The molecule has 2 rings (SSSR count). The Labute approximate surface area is 124 Å². The van der Waals surface area contributed by atoms with Gasteiger partial charge in [-0.1, -0.05) is 19.8 Å². The van der Waals surface area contributed by atoms with Crippen LogP contribution in [0.25, 0.3) is 0 Å². The quantitative estimate of drug-likeness (QED) is 0.874. The molecule has 0 aromatic carbocycles. The summed E-state index contributed by atoms with van der Waals surface area (Å²) in [4.78, 5) is 9.36. The first-order valence-electron chi connectivity index (χ1n) is 7.37. The number of nitrogens with one attached hydrogen (secondary N) is 1. The number of aromatic nitrogens is 2. The second-order valence-corrected chi connectivity index (χ2v) is 6.38. The van der Waals surface area contributed by atoms with Gasteiger partial charge in [-0.3, -0.25) is 0 Å². The van der Waals surface area contributed by atoms with Crippen molar-refractivity contribution in [3.63, 3.8) is 0 Å². The molecule has 0 saturated heterocycles. The zero-order chi connectivity index (χ0) is 13.8. The number of aryl methyl sites for hydroxylation is 1. The van der Waals surface area contributed by atoms with Gasteiger partial charge in [0.2, 0.25) is 0 Å². The van der Waals surface area contributed by atoms with Crippen LogP contribution in [0.3, 0.4) is 0 Å². The SMILES string of the molecule is CCCC1CCC(c2nc(C)c(Br)c(NC)n2)CC1. The fourth-order valence-electron chi connectivity index (χ4n) is 3.05. The highest BCUT2D eigenvalue weighted by atomic mass is 79.9. The van der Waals surface area contributed by atoms with Gasteiger partial charge in [0.25, 0.3) is 0 Å². The number of hydrogen-bond acceptors (Lipinski definition) is 3. The molecule has 0 radical (unpaired) electrons. The molecule has 1 N–H and O–H groups in total. The van der Waals surface area contributed by atoms with Gasteiger partial charge in [-0.25, -0.2) is 9.97 Å². The van der Waals surface area contributed by atoms with Crippen molar-refractivity contribution in [3.05, 3.63) is 16.0 Å². The monoisotopic (exact) mass is 325 g/mol. The van der Waals surface area contributed by atoms with Crippen molar-refractivity contribution < 1.29 is 0 Å². The third-order valence-corrected chi connectivity index (χ3v) is 5.13. The number of nitrogens with zero attached hydrogens (tertiary/aromatic N) is 2. The maximum atomic E-state index is 4.68. The highest BCUT2D eigenvalue weighted by Gasteiger charge is 2.24. The van der Waals surface area contributed by atoms with Gasteiger partial charge in [-0.2, -0.15) is 0 Å². The Morgan fingerprint density at radius 3 is 2.47 bits per heavy atom. The van der Waals surface area contributed by atoms with E-state index in [0.29, 0.717) is 5.92 Å². The molecule has 1 fully saturated rings. The van der Waals surface area contributed by atoms with Crippen molar-refractivity contribution in [1.29, 1.82) is 0 Å². The molecular formula is C15H24BrN3. The van der Waals surface area contributed by atoms with Gasteiger partial charge < -0.3 is 5.32 Å². The smallest absolute Gasteiger partial charge is 0.144 e. The van der Waals surface area contributed by atoms with E-state index in [1.165, 1.54) is 38.5 Å². The Hall–Kier alpha value is -0.640. The van der Waals surface area contributed by atoms with Gasteiger partial charge in [0.05, 0.1) is 10.2 Å². The van der Waals surface area contributed by atoms with Crippen LogP contribution in [0.2, 0.25) is 0 Å². The summed E-state index contributed by atoms with van der Waals surface area (Å²) in [7, 11) is 1.91. The van der Waals surface area contributed by atoms with Gasteiger partial charge in [0.15, 0.2) is 0 Å². The molecule has 1 aliphatic carbocycles. The number of hydrogen-bond donors (Lipinski definition) is 1. The van der Waals surface area contributed by atoms with Crippen molar-refractivity contribution in [1.82, 2.24) is 9.97 Å². The molecule has 106 valence electrons. The van der Waals surface area contributed by atoms with Crippen LogP contribution < -0.4 is 5.32 Å². The van der Waals surface area contributed by atoms with E-state index in [4.69, 9.17) is 0 Å². The van der Waals surface area contributed by atoms with Crippen LogP contribution in [0.4, 0.5) is 5.82 Å². The minimum Gasteiger partial charge on any atom is -0.372 e. The lowest BCUT2D eigenvalue weighted by molar-refractivity contribution is 0.302. The van der Waals surface area contributed by atoms with Crippen LogP contribution >= 0.6 is 15.9 Å². The molecule has 1 aromatic heterocycles. The second kappa shape index (κ2) is 6.69. The van der Waals surface area contributed by atoms with Gasteiger partial charge in [0, 0.05) is 13.0 Å². The fraction of sp³-hybridized carbons (Fsp3) is 0.733. The van der Waals surface area contributed by atoms with E-state index in [2.05, 4.69) is 38.1 Å². The van der Waals surface area contributed by atoms with E-state index in [-0.39, 0.29) is 0 Å².